The highest BCUT2D eigenvalue weighted by atomic mass is 16.5. The van der Waals surface area contributed by atoms with E-state index in [1.807, 2.05) is 18.2 Å². The summed E-state index contributed by atoms with van der Waals surface area (Å²) in [5.41, 5.74) is 3.49. The topological polar surface area (TPSA) is 26.3 Å². The molecule has 0 aliphatic carbocycles. The predicted molar refractivity (Wildman–Crippen MR) is 72.6 cm³/mol. The predicted octanol–water partition coefficient (Wildman–Crippen LogP) is 3.84. The highest BCUT2D eigenvalue weighted by Crippen LogP contribution is 2.24. The minimum atomic E-state index is -0.298. The van der Waals surface area contributed by atoms with Gasteiger partial charge < -0.3 is 4.74 Å². The highest BCUT2D eigenvalue weighted by Gasteiger charge is 2.02. The molecule has 0 radical (unpaired) electrons. The van der Waals surface area contributed by atoms with Crippen LogP contribution in [0.2, 0.25) is 0 Å². The first-order chi connectivity index (χ1) is 8.69. The lowest BCUT2D eigenvalue weighted by Gasteiger charge is -2.06. The molecule has 92 valence electrons. The second-order valence-electron chi connectivity index (χ2n) is 4.17. The van der Waals surface area contributed by atoms with Gasteiger partial charge in [0.1, 0.15) is 5.75 Å². The van der Waals surface area contributed by atoms with Crippen LogP contribution in [-0.4, -0.2) is 5.97 Å². The van der Waals surface area contributed by atoms with Gasteiger partial charge in [-0.05, 0) is 35.2 Å². The summed E-state index contributed by atoms with van der Waals surface area (Å²) in [5.74, 6) is 0.285. The Morgan fingerprint density at radius 2 is 1.78 bits per heavy atom. The fourth-order valence-corrected chi connectivity index (χ4v) is 1.84. The Kier molecular flexibility index (Phi) is 3.78. The normalized spacial score (nSPS) is 10.1. The molecule has 0 saturated heterocycles. The van der Waals surface area contributed by atoms with Crippen molar-refractivity contribution in [1.82, 2.24) is 0 Å². The molecule has 0 aromatic heterocycles. The number of hydrogen-bond donors (Lipinski definition) is 0. The van der Waals surface area contributed by atoms with Gasteiger partial charge in [0.2, 0.25) is 0 Å². The first-order valence-electron chi connectivity index (χ1n) is 6.07. The Balaban J connectivity index is 2.29. The minimum Gasteiger partial charge on any atom is -0.427 e. The molecular weight excluding hydrogens is 224 g/mol. The largest absolute Gasteiger partial charge is 0.427 e. The van der Waals surface area contributed by atoms with Crippen molar-refractivity contribution in [2.24, 2.45) is 0 Å². The molecule has 0 amide bonds. The van der Waals surface area contributed by atoms with E-state index in [1.165, 1.54) is 12.5 Å². The highest BCUT2D eigenvalue weighted by molar-refractivity contribution is 5.71. The van der Waals surface area contributed by atoms with Crippen molar-refractivity contribution < 1.29 is 9.53 Å². The van der Waals surface area contributed by atoms with Gasteiger partial charge in [0.25, 0.3) is 0 Å². The van der Waals surface area contributed by atoms with Crippen LogP contribution in [0.25, 0.3) is 11.1 Å². The van der Waals surface area contributed by atoms with Gasteiger partial charge in [-0.3, -0.25) is 4.79 Å². The molecule has 2 rings (SSSR count). The third-order valence-electron chi connectivity index (χ3n) is 2.79. The summed E-state index contributed by atoms with van der Waals surface area (Å²) in [6.07, 6.45) is 1.04. The van der Waals surface area contributed by atoms with Crippen molar-refractivity contribution in [3.05, 3.63) is 54.1 Å². The molecule has 0 spiro atoms. The molecule has 2 nitrogen and oxygen atoms in total. The second-order valence-corrected chi connectivity index (χ2v) is 4.17. The molecule has 0 saturated carbocycles. The standard InChI is InChI=1S/C16H16O2/c1-3-13-7-9-14(10-8-13)15-5-4-6-16(11-15)18-12(2)17/h4-11H,3H2,1-2H3. The summed E-state index contributed by atoms with van der Waals surface area (Å²) in [7, 11) is 0. The van der Waals surface area contributed by atoms with Crippen LogP contribution in [0.5, 0.6) is 5.75 Å². The third-order valence-corrected chi connectivity index (χ3v) is 2.79. The maximum absolute atomic E-state index is 10.9. The van der Waals surface area contributed by atoms with Gasteiger partial charge in [-0.1, -0.05) is 43.3 Å². The van der Waals surface area contributed by atoms with Crippen molar-refractivity contribution in [3.8, 4) is 16.9 Å². The van der Waals surface area contributed by atoms with Crippen LogP contribution in [0.1, 0.15) is 19.4 Å². The molecule has 0 fully saturated rings. The second kappa shape index (κ2) is 5.50. The smallest absolute Gasteiger partial charge is 0.308 e. The average Bonchev–Trinajstić information content (AvgIpc) is 2.38. The van der Waals surface area contributed by atoms with E-state index >= 15 is 0 Å². The number of esters is 1. The molecule has 0 aliphatic heterocycles. The number of carbonyl (C=O) groups is 1. The van der Waals surface area contributed by atoms with Gasteiger partial charge in [0.05, 0.1) is 0 Å². The van der Waals surface area contributed by atoms with Crippen molar-refractivity contribution in [2.75, 3.05) is 0 Å². The lowest BCUT2D eigenvalue weighted by Crippen LogP contribution is -2.01. The van der Waals surface area contributed by atoms with E-state index in [0.717, 1.165) is 17.5 Å². The number of hydrogen-bond acceptors (Lipinski definition) is 2. The SMILES string of the molecule is CCc1ccc(-c2cccc(OC(C)=O)c2)cc1. The summed E-state index contributed by atoms with van der Waals surface area (Å²) >= 11 is 0. The van der Waals surface area contributed by atoms with Crippen LogP contribution >= 0.6 is 0 Å². The Bertz CT molecular complexity index is 541. The molecule has 0 unspecified atom stereocenters. The summed E-state index contributed by atoms with van der Waals surface area (Å²) < 4.78 is 5.08. The molecule has 0 N–H and O–H groups in total. The fourth-order valence-electron chi connectivity index (χ4n) is 1.84. The zero-order valence-electron chi connectivity index (χ0n) is 10.6. The summed E-state index contributed by atoms with van der Waals surface area (Å²) in [6, 6.07) is 16.0. The Labute approximate surface area is 107 Å². The zero-order valence-corrected chi connectivity index (χ0v) is 10.6. The Morgan fingerprint density at radius 1 is 1.06 bits per heavy atom. The van der Waals surface area contributed by atoms with E-state index in [4.69, 9.17) is 4.74 Å². The molecule has 2 aromatic carbocycles. The summed E-state index contributed by atoms with van der Waals surface area (Å²) in [4.78, 5) is 10.9. The monoisotopic (exact) mass is 240 g/mol. The van der Waals surface area contributed by atoms with Crippen LogP contribution < -0.4 is 4.74 Å². The van der Waals surface area contributed by atoms with Gasteiger partial charge in [0, 0.05) is 6.92 Å². The van der Waals surface area contributed by atoms with E-state index in [2.05, 4.69) is 31.2 Å². The van der Waals surface area contributed by atoms with Crippen LogP contribution in [0.15, 0.2) is 48.5 Å². The molecule has 0 heterocycles. The van der Waals surface area contributed by atoms with E-state index in [-0.39, 0.29) is 5.97 Å². The first-order valence-corrected chi connectivity index (χ1v) is 6.07. The van der Waals surface area contributed by atoms with Crippen LogP contribution in [0, 0.1) is 0 Å². The maximum Gasteiger partial charge on any atom is 0.308 e. The van der Waals surface area contributed by atoms with Crippen molar-refractivity contribution >= 4 is 5.97 Å². The van der Waals surface area contributed by atoms with E-state index in [1.54, 1.807) is 6.07 Å². The van der Waals surface area contributed by atoms with Crippen molar-refractivity contribution in [1.29, 1.82) is 0 Å². The zero-order chi connectivity index (χ0) is 13.0. The number of aryl methyl sites for hydroxylation is 1. The lowest BCUT2D eigenvalue weighted by molar-refractivity contribution is -0.131. The lowest BCUT2D eigenvalue weighted by atomic mass is 10.0. The van der Waals surface area contributed by atoms with Crippen LogP contribution in [-0.2, 0) is 11.2 Å². The molecule has 2 aromatic rings. The van der Waals surface area contributed by atoms with Crippen LogP contribution in [0.3, 0.4) is 0 Å². The maximum atomic E-state index is 10.9. The van der Waals surface area contributed by atoms with Crippen LogP contribution in [0.4, 0.5) is 0 Å². The average molecular weight is 240 g/mol. The number of benzene rings is 2. The third kappa shape index (κ3) is 2.98. The van der Waals surface area contributed by atoms with Crippen molar-refractivity contribution in [3.63, 3.8) is 0 Å². The van der Waals surface area contributed by atoms with Gasteiger partial charge in [0.15, 0.2) is 0 Å². The molecule has 0 aliphatic rings. The van der Waals surface area contributed by atoms with Gasteiger partial charge in [-0.2, -0.15) is 0 Å². The Morgan fingerprint density at radius 3 is 2.39 bits per heavy atom. The number of rotatable bonds is 3. The number of ether oxygens (including phenoxy) is 1. The fraction of sp³-hybridized carbons (Fsp3) is 0.188. The van der Waals surface area contributed by atoms with Gasteiger partial charge in [-0.15, -0.1) is 0 Å². The first kappa shape index (κ1) is 12.4. The summed E-state index contributed by atoms with van der Waals surface area (Å²) in [6.45, 7) is 3.54. The molecule has 0 bridgehead atoms. The quantitative estimate of drug-likeness (QED) is 0.602. The molecule has 2 heteroatoms. The van der Waals surface area contributed by atoms with Gasteiger partial charge >= 0.3 is 5.97 Å². The van der Waals surface area contributed by atoms with E-state index < -0.39 is 0 Å². The Hall–Kier alpha value is -2.09. The van der Waals surface area contributed by atoms with E-state index in [0.29, 0.717) is 5.75 Å². The summed E-state index contributed by atoms with van der Waals surface area (Å²) in [5, 5.41) is 0. The molecule has 18 heavy (non-hydrogen) atoms. The minimum absolute atomic E-state index is 0.298. The molecular formula is C16H16O2. The van der Waals surface area contributed by atoms with E-state index in [9.17, 15) is 4.79 Å². The van der Waals surface area contributed by atoms with Gasteiger partial charge in [-0.25, -0.2) is 0 Å². The number of carbonyl (C=O) groups excluding carboxylic acids is 1. The molecule has 0 atom stereocenters. The van der Waals surface area contributed by atoms with Crippen molar-refractivity contribution in [2.45, 2.75) is 20.3 Å².